The monoisotopic (exact) mass is 308 g/mol. The molecule has 0 spiro atoms. The first kappa shape index (κ1) is 16.4. The van der Waals surface area contributed by atoms with Crippen molar-refractivity contribution in [2.24, 2.45) is 5.41 Å². The molecule has 0 amide bonds. The van der Waals surface area contributed by atoms with Gasteiger partial charge >= 0.3 is 0 Å². The topological polar surface area (TPSA) is 9.23 Å². The van der Waals surface area contributed by atoms with Gasteiger partial charge in [0.2, 0.25) is 5.82 Å². The van der Waals surface area contributed by atoms with E-state index in [1.165, 1.54) is 0 Å². The lowest BCUT2D eigenvalue weighted by atomic mass is 9.77. The van der Waals surface area contributed by atoms with Crippen molar-refractivity contribution in [3.05, 3.63) is 65.5 Å². The molecule has 22 heavy (non-hydrogen) atoms. The van der Waals surface area contributed by atoms with Crippen LogP contribution in [0.2, 0.25) is 0 Å². The molecule has 0 heterocycles. The molecule has 0 N–H and O–H groups in total. The minimum atomic E-state index is -1.51. The van der Waals surface area contributed by atoms with E-state index in [0.717, 1.165) is 17.7 Å². The van der Waals surface area contributed by atoms with Crippen LogP contribution in [0.4, 0.5) is 13.2 Å². The van der Waals surface area contributed by atoms with Gasteiger partial charge in [-0.25, -0.2) is 8.78 Å². The van der Waals surface area contributed by atoms with Gasteiger partial charge in [-0.05, 0) is 23.1 Å². The Balaban J connectivity index is 2.22. The van der Waals surface area contributed by atoms with Crippen molar-refractivity contribution in [1.82, 2.24) is 0 Å². The summed E-state index contributed by atoms with van der Waals surface area (Å²) in [5.74, 6) is -4.31. The molecule has 0 bridgehead atoms. The standard InChI is InChI=1S/C18H19F3O/c1-18(2,3)13(12-7-5-4-6-8-12)11-22-15-10-9-14(19)16(20)17(15)21/h4-10,13H,11H2,1-3H3. The van der Waals surface area contributed by atoms with E-state index in [-0.39, 0.29) is 23.7 Å². The third kappa shape index (κ3) is 3.62. The van der Waals surface area contributed by atoms with Gasteiger partial charge in [0.1, 0.15) is 0 Å². The van der Waals surface area contributed by atoms with Crippen molar-refractivity contribution in [2.75, 3.05) is 6.61 Å². The fourth-order valence-corrected chi connectivity index (χ4v) is 2.32. The van der Waals surface area contributed by atoms with Crippen LogP contribution in [0, 0.1) is 22.9 Å². The molecule has 1 nitrogen and oxygen atoms in total. The van der Waals surface area contributed by atoms with Crippen molar-refractivity contribution in [3.8, 4) is 5.75 Å². The summed E-state index contributed by atoms with van der Waals surface area (Å²) in [5, 5.41) is 0. The van der Waals surface area contributed by atoms with E-state index in [0.29, 0.717) is 0 Å². The Kier molecular flexibility index (Phi) is 4.79. The SMILES string of the molecule is CC(C)(C)C(COc1ccc(F)c(F)c1F)c1ccccc1. The number of benzene rings is 2. The van der Waals surface area contributed by atoms with Crippen molar-refractivity contribution in [2.45, 2.75) is 26.7 Å². The van der Waals surface area contributed by atoms with E-state index < -0.39 is 17.5 Å². The minimum Gasteiger partial charge on any atom is -0.490 e. The molecule has 0 saturated heterocycles. The van der Waals surface area contributed by atoms with Gasteiger partial charge in [-0.2, -0.15) is 4.39 Å². The van der Waals surface area contributed by atoms with Gasteiger partial charge in [0, 0.05) is 5.92 Å². The Bertz CT molecular complexity index is 633. The van der Waals surface area contributed by atoms with Crippen LogP contribution >= 0.6 is 0 Å². The molecular formula is C18H19F3O. The molecule has 4 heteroatoms. The van der Waals surface area contributed by atoms with E-state index >= 15 is 0 Å². The molecule has 0 aromatic heterocycles. The van der Waals surface area contributed by atoms with Gasteiger partial charge in [0.25, 0.3) is 0 Å². The van der Waals surface area contributed by atoms with Crippen LogP contribution in [0.5, 0.6) is 5.75 Å². The van der Waals surface area contributed by atoms with Gasteiger partial charge in [-0.1, -0.05) is 51.1 Å². The van der Waals surface area contributed by atoms with Crippen molar-refractivity contribution < 1.29 is 17.9 Å². The Morgan fingerprint density at radius 1 is 0.909 bits per heavy atom. The highest BCUT2D eigenvalue weighted by atomic mass is 19.2. The molecule has 2 aromatic carbocycles. The van der Waals surface area contributed by atoms with Gasteiger partial charge in [-0.3, -0.25) is 0 Å². The molecule has 118 valence electrons. The van der Waals surface area contributed by atoms with Crippen LogP contribution in [0.1, 0.15) is 32.3 Å². The van der Waals surface area contributed by atoms with Crippen molar-refractivity contribution >= 4 is 0 Å². The maximum atomic E-state index is 13.7. The smallest absolute Gasteiger partial charge is 0.203 e. The van der Waals surface area contributed by atoms with Gasteiger partial charge in [0.15, 0.2) is 17.4 Å². The quantitative estimate of drug-likeness (QED) is 0.695. The zero-order valence-electron chi connectivity index (χ0n) is 12.9. The first-order chi connectivity index (χ1) is 10.3. The molecule has 1 atom stereocenters. The van der Waals surface area contributed by atoms with Gasteiger partial charge in [0.05, 0.1) is 6.61 Å². The number of ether oxygens (including phenoxy) is 1. The lowest BCUT2D eigenvalue weighted by molar-refractivity contribution is 0.195. The second-order valence-electron chi connectivity index (χ2n) is 6.31. The number of hydrogen-bond donors (Lipinski definition) is 0. The molecule has 0 aliphatic carbocycles. The molecular weight excluding hydrogens is 289 g/mol. The Hall–Kier alpha value is -1.97. The lowest BCUT2D eigenvalue weighted by Crippen LogP contribution is -2.25. The Morgan fingerprint density at radius 2 is 1.55 bits per heavy atom. The predicted molar refractivity (Wildman–Crippen MR) is 80.4 cm³/mol. The molecule has 0 radical (unpaired) electrons. The highest BCUT2D eigenvalue weighted by molar-refractivity contribution is 5.27. The van der Waals surface area contributed by atoms with Gasteiger partial charge in [-0.15, -0.1) is 0 Å². The molecule has 2 aromatic rings. The minimum absolute atomic E-state index is 0.0128. The number of hydrogen-bond acceptors (Lipinski definition) is 1. The zero-order chi connectivity index (χ0) is 16.3. The second-order valence-corrected chi connectivity index (χ2v) is 6.31. The van der Waals surface area contributed by atoms with Crippen LogP contribution in [-0.2, 0) is 0 Å². The molecule has 0 aliphatic rings. The summed E-state index contributed by atoms with van der Waals surface area (Å²) in [6, 6.07) is 11.7. The largest absolute Gasteiger partial charge is 0.490 e. The van der Waals surface area contributed by atoms with Crippen LogP contribution in [0.3, 0.4) is 0 Å². The molecule has 0 saturated carbocycles. The van der Waals surface area contributed by atoms with Crippen LogP contribution in [-0.4, -0.2) is 6.61 Å². The predicted octanol–water partition coefficient (Wildman–Crippen LogP) is 5.31. The maximum Gasteiger partial charge on any atom is 0.203 e. The van der Waals surface area contributed by atoms with E-state index in [1.54, 1.807) is 0 Å². The summed E-state index contributed by atoms with van der Waals surface area (Å²) in [6.45, 7) is 6.33. The Morgan fingerprint density at radius 3 is 2.14 bits per heavy atom. The van der Waals surface area contributed by atoms with E-state index in [2.05, 4.69) is 20.8 Å². The van der Waals surface area contributed by atoms with Crippen molar-refractivity contribution in [3.63, 3.8) is 0 Å². The van der Waals surface area contributed by atoms with Gasteiger partial charge < -0.3 is 4.74 Å². The first-order valence-electron chi connectivity index (χ1n) is 7.12. The normalized spacial score (nSPS) is 13.0. The summed E-state index contributed by atoms with van der Waals surface area (Å²) >= 11 is 0. The summed E-state index contributed by atoms with van der Waals surface area (Å²) in [4.78, 5) is 0. The zero-order valence-corrected chi connectivity index (χ0v) is 12.9. The fourth-order valence-electron chi connectivity index (χ4n) is 2.32. The van der Waals surface area contributed by atoms with Crippen LogP contribution < -0.4 is 4.74 Å². The summed E-state index contributed by atoms with van der Waals surface area (Å²) in [7, 11) is 0. The second kappa shape index (κ2) is 6.42. The Labute approximate surface area is 128 Å². The molecule has 2 rings (SSSR count). The summed E-state index contributed by atoms with van der Waals surface area (Å²) in [5.41, 5.74) is 0.925. The van der Waals surface area contributed by atoms with Crippen molar-refractivity contribution in [1.29, 1.82) is 0 Å². The maximum absolute atomic E-state index is 13.7. The lowest BCUT2D eigenvalue weighted by Gasteiger charge is -2.31. The summed E-state index contributed by atoms with van der Waals surface area (Å²) < 4.78 is 45.3. The van der Waals surface area contributed by atoms with Crippen LogP contribution in [0.25, 0.3) is 0 Å². The van der Waals surface area contributed by atoms with E-state index in [4.69, 9.17) is 4.74 Å². The average Bonchev–Trinajstić information content (AvgIpc) is 2.47. The molecule has 0 fully saturated rings. The molecule has 1 unspecified atom stereocenters. The summed E-state index contributed by atoms with van der Waals surface area (Å²) in [6.07, 6.45) is 0. The highest BCUT2D eigenvalue weighted by Crippen LogP contribution is 2.36. The third-order valence-corrected chi connectivity index (χ3v) is 3.65. The molecule has 0 aliphatic heterocycles. The van der Waals surface area contributed by atoms with Crippen LogP contribution in [0.15, 0.2) is 42.5 Å². The average molecular weight is 308 g/mol. The number of rotatable bonds is 4. The fraction of sp³-hybridized carbons (Fsp3) is 0.333. The van der Waals surface area contributed by atoms with E-state index in [1.807, 2.05) is 30.3 Å². The first-order valence-corrected chi connectivity index (χ1v) is 7.12. The number of halogens is 3. The highest BCUT2D eigenvalue weighted by Gasteiger charge is 2.27. The third-order valence-electron chi connectivity index (χ3n) is 3.65. The van der Waals surface area contributed by atoms with E-state index in [9.17, 15) is 13.2 Å².